The fourth-order valence-electron chi connectivity index (χ4n) is 3.93. The van der Waals surface area contributed by atoms with Crippen molar-refractivity contribution in [2.45, 2.75) is 25.2 Å². The minimum atomic E-state index is -0.571. The Kier molecular flexibility index (Phi) is 6.34. The monoisotopic (exact) mass is 379 g/mol. The van der Waals surface area contributed by atoms with Crippen LogP contribution in [-0.4, -0.2) is 49.9 Å². The first kappa shape index (κ1) is 19.9. The largest absolute Gasteiger partial charge is 0.373 e. The van der Waals surface area contributed by atoms with Gasteiger partial charge in [-0.15, -0.1) is 0 Å². The lowest BCUT2D eigenvalue weighted by Gasteiger charge is -2.41. The Morgan fingerprint density at radius 1 is 1.00 bits per heavy atom. The maximum atomic E-state index is 13.3. The molecule has 0 spiro atoms. The molecular formula is C23H29N3O2. The van der Waals surface area contributed by atoms with Gasteiger partial charge in [0.25, 0.3) is 0 Å². The number of rotatable bonds is 6. The van der Waals surface area contributed by atoms with Gasteiger partial charge in [-0.2, -0.15) is 0 Å². The van der Waals surface area contributed by atoms with Crippen LogP contribution in [0.1, 0.15) is 25.3 Å². The van der Waals surface area contributed by atoms with Crippen molar-refractivity contribution in [3.8, 4) is 0 Å². The molecule has 1 aliphatic heterocycles. The standard InChI is InChI=1S/C23H29N3O2/c1-19(27)26-16-13-23(14-17-26,20-9-5-3-6-10-20)22(28)24-15-18-25(2)21-11-7-4-8-12-21/h3-12H,13-18H2,1-2H3,(H,24,28). The number of nitrogens with zero attached hydrogens (tertiary/aromatic N) is 2. The van der Waals surface area contributed by atoms with E-state index >= 15 is 0 Å². The summed E-state index contributed by atoms with van der Waals surface area (Å²) in [6, 6.07) is 20.1. The minimum Gasteiger partial charge on any atom is -0.373 e. The molecular weight excluding hydrogens is 350 g/mol. The van der Waals surface area contributed by atoms with Gasteiger partial charge in [0.15, 0.2) is 0 Å². The Morgan fingerprint density at radius 2 is 1.57 bits per heavy atom. The van der Waals surface area contributed by atoms with E-state index in [1.165, 1.54) is 0 Å². The molecule has 3 rings (SSSR count). The van der Waals surface area contributed by atoms with Crippen molar-refractivity contribution in [3.63, 3.8) is 0 Å². The van der Waals surface area contributed by atoms with Crippen LogP contribution in [0.5, 0.6) is 0 Å². The summed E-state index contributed by atoms with van der Waals surface area (Å²) in [5, 5.41) is 3.15. The summed E-state index contributed by atoms with van der Waals surface area (Å²) < 4.78 is 0. The zero-order valence-corrected chi connectivity index (χ0v) is 16.7. The van der Waals surface area contributed by atoms with Gasteiger partial charge >= 0.3 is 0 Å². The molecule has 148 valence electrons. The molecule has 2 aromatic rings. The highest BCUT2D eigenvalue weighted by Gasteiger charge is 2.43. The summed E-state index contributed by atoms with van der Waals surface area (Å²) in [7, 11) is 2.03. The van der Waals surface area contributed by atoms with E-state index in [0.717, 1.165) is 17.8 Å². The number of benzene rings is 2. The van der Waals surface area contributed by atoms with Gasteiger partial charge in [0, 0.05) is 45.8 Å². The Hall–Kier alpha value is -2.82. The number of carbonyl (C=O) groups excluding carboxylic acids is 2. The summed E-state index contributed by atoms with van der Waals surface area (Å²) in [5.74, 6) is 0.134. The second-order valence-electron chi connectivity index (χ2n) is 7.47. The SMILES string of the molecule is CC(=O)N1CCC(C(=O)NCCN(C)c2ccccc2)(c2ccccc2)CC1. The predicted molar refractivity (Wildman–Crippen MR) is 112 cm³/mol. The van der Waals surface area contributed by atoms with Crippen LogP contribution in [-0.2, 0) is 15.0 Å². The lowest BCUT2D eigenvalue weighted by molar-refractivity contribution is -0.135. The van der Waals surface area contributed by atoms with E-state index in [-0.39, 0.29) is 11.8 Å². The maximum Gasteiger partial charge on any atom is 0.230 e. The third kappa shape index (κ3) is 4.35. The molecule has 2 amide bonds. The molecule has 0 bridgehead atoms. The van der Waals surface area contributed by atoms with Crippen molar-refractivity contribution in [1.29, 1.82) is 0 Å². The van der Waals surface area contributed by atoms with Gasteiger partial charge in [-0.1, -0.05) is 48.5 Å². The number of anilines is 1. The van der Waals surface area contributed by atoms with Gasteiger partial charge in [0.1, 0.15) is 0 Å². The van der Waals surface area contributed by atoms with Crippen LogP contribution in [0, 0.1) is 0 Å². The Bertz CT molecular complexity index is 784. The number of piperidine rings is 1. The van der Waals surface area contributed by atoms with Gasteiger partial charge in [0.05, 0.1) is 5.41 Å². The first-order valence-electron chi connectivity index (χ1n) is 9.88. The topological polar surface area (TPSA) is 52.7 Å². The van der Waals surface area contributed by atoms with Gasteiger partial charge in [0.2, 0.25) is 11.8 Å². The summed E-state index contributed by atoms with van der Waals surface area (Å²) in [6.45, 7) is 4.13. The van der Waals surface area contributed by atoms with Crippen LogP contribution in [0.2, 0.25) is 0 Å². The highest BCUT2D eigenvalue weighted by atomic mass is 16.2. The molecule has 0 atom stereocenters. The summed E-state index contributed by atoms with van der Waals surface area (Å²) >= 11 is 0. The van der Waals surface area contributed by atoms with Crippen molar-refractivity contribution in [1.82, 2.24) is 10.2 Å². The smallest absolute Gasteiger partial charge is 0.230 e. The van der Waals surface area contributed by atoms with Crippen LogP contribution in [0.25, 0.3) is 0 Å². The molecule has 28 heavy (non-hydrogen) atoms. The third-order valence-corrected chi connectivity index (χ3v) is 5.75. The molecule has 1 aliphatic rings. The van der Waals surface area contributed by atoms with E-state index in [2.05, 4.69) is 22.3 Å². The lowest BCUT2D eigenvalue weighted by atomic mass is 9.72. The van der Waals surface area contributed by atoms with Gasteiger partial charge in [-0.3, -0.25) is 9.59 Å². The van der Waals surface area contributed by atoms with Crippen LogP contribution >= 0.6 is 0 Å². The number of hydrogen-bond donors (Lipinski definition) is 1. The molecule has 0 aromatic heterocycles. The molecule has 0 radical (unpaired) electrons. The fourth-order valence-corrected chi connectivity index (χ4v) is 3.93. The Labute approximate surface area is 167 Å². The van der Waals surface area contributed by atoms with Crippen LogP contribution in [0.4, 0.5) is 5.69 Å². The number of likely N-dealkylation sites (tertiary alicyclic amines) is 1. The van der Waals surface area contributed by atoms with E-state index in [1.54, 1.807) is 6.92 Å². The van der Waals surface area contributed by atoms with Crippen molar-refractivity contribution in [3.05, 3.63) is 66.2 Å². The summed E-state index contributed by atoms with van der Waals surface area (Å²) in [6.07, 6.45) is 1.30. The highest BCUT2D eigenvalue weighted by Crippen LogP contribution is 2.36. The second-order valence-corrected chi connectivity index (χ2v) is 7.47. The zero-order valence-electron chi connectivity index (χ0n) is 16.7. The van der Waals surface area contributed by atoms with E-state index in [4.69, 9.17) is 0 Å². The van der Waals surface area contributed by atoms with Gasteiger partial charge in [-0.05, 0) is 30.5 Å². The first-order valence-corrected chi connectivity index (χ1v) is 9.88. The van der Waals surface area contributed by atoms with E-state index < -0.39 is 5.41 Å². The fraction of sp³-hybridized carbons (Fsp3) is 0.391. The molecule has 2 aromatic carbocycles. The van der Waals surface area contributed by atoms with Gasteiger partial charge in [-0.25, -0.2) is 0 Å². The Morgan fingerprint density at radius 3 is 2.14 bits per heavy atom. The number of likely N-dealkylation sites (N-methyl/N-ethyl adjacent to an activating group) is 1. The van der Waals surface area contributed by atoms with Crippen LogP contribution in [0.15, 0.2) is 60.7 Å². The number of amides is 2. The average Bonchev–Trinajstić information content (AvgIpc) is 2.74. The summed E-state index contributed by atoms with van der Waals surface area (Å²) in [4.78, 5) is 29.0. The van der Waals surface area contributed by atoms with Crippen molar-refractivity contribution < 1.29 is 9.59 Å². The lowest BCUT2D eigenvalue weighted by Crippen LogP contribution is -2.53. The summed E-state index contributed by atoms with van der Waals surface area (Å²) in [5.41, 5.74) is 1.59. The van der Waals surface area contributed by atoms with E-state index in [0.29, 0.717) is 32.5 Å². The molecule has 1 N–H and O–H groups in total. The van der Waals surface area contributed by atoms with Crippen LogP contribution in [0.3, 0.4) is 0 Å². The number of para-hydroxylation sites is 1. The quantitative estimate of drug-likeness (QED) is 0.840. The molecule has 1 fully saturated rings. The maximum absolute atomic E-state index is 13.3. The van der Waals surface area contributed by atoms with Crippen molar-refractivity contribution >= 4 is 17.5 Å². The number of hydrogen-bond acceptors (Lipinski definition) is 3. The van der Waals surface area contributed by atoms with Crippen molar-refractivity contribution in [2.24, 2.45) is 0 Å². The third-order valence-electron chi connectivity index (χ3n) is 5.75. The second kappa shape index (κ2) is 8.91. The highest BCUT2D eigenvalue weighted by molar-refractivity contribution is 5.88. The molecule has 1 heterocycles. The molecule has 1 saturated heterocycles. The normalized spacial score (nSPS) is 15.7. The van der Waals surface area contributed by atoms with Crippen LogP contribution < -0.4 is 10.2 Å². The molecule has 0 aliphatic carbocycles. The number of nitrogens with one attached hydrogen (secondary N) is 1. The molecule has 0 saturated carbocycles. The predicted octanol–water partition coefficient (Wildman–Crippen LogP) is 2.82. The van der Waals surface area contributed by atoms with Gasteiger partial charge < -0.3 is 15.1 Å². The van der Waals surface area contributed by atoms with E-state index in [1.807, 2.05) is 60.5 Å². The minimum absolute atomic E-state index is 0.0587. The zero-order chi connectivity index (χ0) is 20.0. The number of carbonyl (C=O) groups is 2. The average molecular weight is 380 g/mol. The van der Waals surface area contributed by atoms with Crippen molar-refractivity contribution in [2.75, 3.05) is 38.1 Å². The Balaban J connectivity index is 1.67. The molecule has 5 heteroatoms. The first-order chi connectivity index (χ1) is 13.5. The molecule has 5 nitrogen and oxygen atoms in total. The van der Waals surface area contributed by atoms with E-state index in [9.17, 15) is 9.59 Å². The molecule has 0 unspecified atom stereocenters.